The Hall–Kier alpha value is -2.09. The van der Waals surface area contributed by atoms with E-state index < -0.39 is 34.5 Å². The van der Waals surface area contributed by atoms with Gasteiger partial charge in [0.05, 0.1) is 5.56 Å². The Labute approximate surface area is 97.0 Å². The normalized spacial score (nSPS) is 10.8. The highest BCUT2D eigenvalue weighted by Crippen LogP contribution is 2.26. The van der Waals surface area contributed by atoms with E-state index in [0.29, 0.717) is 12.1 Å². The van der Waals surface area contributed by atoms with Crippen LogP contribution in [0.5, 0.6) is 5.75 Å². The lowest BCUT2D eigenvalue weighted by Crippen LogP contribution is -2.26. The Morgan fingerprint density at radius 3 is 2.24 bits per heavy atom. The Morgan fingerprint density at radius 2 is 1.88 bits per heavy atom. The second-order valence-electron chi connectivity index (χ2n) is 3.83. The maximum absolute atomic E-state index is 13.4. The van der Waals surface area contributed by atoms with Gasteiger partial charge in [-0.1, -0.05) is 5.92 Å². The van der Waals surface area contributed by atoms with Crippen molar-refractivity contribution >= 4 is 5.97 Å². The summed E-state index contributed by atoms with van der Waals surface area (Å²) in [6.07, 6.45) is 5.12. The van der Waals surface area contributed by atoms with Crippen molar-refractivity contribution in [3.63, 3.8) is 0 Å². The lowest BCUT2D eigenvalue weighted by Gasteiger charge is -2.21. The molecule has 0 aromatic heterocycles. The lowest BCUT2D eigenvalue weighted by molar-refractivity contribution is 0.0695. The number of aromatic carboxylic acids is 1. The molecule has 0 heterocycles. The smallest absolute Gasteiger partial charge is 0.335 e. The van der Waals surface area contributed by atoms with Crippen LogP contribution in [0, 0.1) is 24.0 Å². The minimum atomic E-state index is -1.43. The third-order valence-electron chi connectivity index (χ3n) is 1.95. The zero-order chi connectivity index (χ0) is 13.2. The van der Waals surface area contributed by atoms with Gasteiger partial charge in [0.25, 0.3) is 0 Å². The van der Waals surface area contributed by atoms with Crippen LogP contribution in [0.1, 0.15) is 24.2 Å². The van der Waals surface area contributed by atoms with Crippen LogP contribution < -0.4 is 4.74 Å². The van der Waals surface area contributed by atoms with Crippen molar-refractivity contribution < 1.29 is 23.4 Å². The summed E-state index contributed by atoms with van der Waals surface area (Å²) in [6.45, 7) is 2.91. The van der Waals surface area contributed by atoms with Gasteiger partial charge >= 0.3 is 5.97 Å². The van der Waals surface area contributed by atoms with Crippen LogP contribution in [0.15, 0.2) is 12.1 Å². The van der Waals surface area contributed by atoms with Crippen molar-refractivity contribution in [1.29, 1.82) is 0 Å². The summed E-state index contributed by atoms with van der Waals surface area (Å²) in [5.74, 6) is -2.11. The number of benzene rings is 1. The van der Waals surface area contributed by atoms with Gasteiger partial charge in [-0.3, -0.25) is 0 Å². The monoisotopic (exact) mass is 240 g/mol. The highest BCUT2D eigenvalue weighted by atomic mass is 19.1. The van der Waals surface area contributed by atoms with Crippen molar-refractivity contribution in [1.82, 2.24) is 0 Å². The molecule has 0 spiro atoms. The van der Waals surface area contributed by atoms with Gasteiger partial charge in [-0.2, -0.15) is 0 Å². The Balaban J connectivity index is 3.20. The topological polar surface area (TPSA) is 46.5 Å². The lowest BCUT2D eigenvalue weighted by atomic mass is 10.1. The number of hydrogen-bond donors (Lipinski definition) is 1. The van der Waals surface area contributed by atoms with Gasteiger partial charge in [-0.25, -0.2) is 13.6 Å². The molecule has 1 rings (SSSR count). The molecule has 0 aliphatic heterocycles. The number of carboxylic acids is 1. The summed E-state index contributed by atoms with van der Waals surface area (Å²) in [6, 6.07) is 1.35. The number of carbonyl (C=O) groups is 1. The SMILES string of the molecule is C#CC(C)(C)Oc1c(F)cc(C(=O)O)cc1F. The summed E-state index contributed by atoms with van der Waals surface area (Å²) in [4.78, 5) is 10.6. The van der Waals surface area contributed by atoms with E-state index in [9.17, 15) is 13.6 Å². The fourth-order valence-corrected chi connectivity index (χ4v) is 1.07. The highest BCUT2D eigenvalue weighted by Gasteiger charge is 2.23. The summed E-state index contributed by atoms with van der Waals surface area (Å²) in [5, 5.41) is 8.60. The molecule has 5 heteroatoms. The van der Waals surface area contributed by atoms with Gasteiger partial charge in [-0.05, 0) is 26.0 Å². The molecule has 0 saturated carbocycles. The number of hydrogen-bond acceptors (Lipinski definition) is 2. The molecule has 0 fully saturated rings. The maximum Gasteiger partial charge on any atom is 0.335 e. The summed E-state index contributed by atoms with van der Waals surface area (Å²) >= 11 is 0. The molecule has 0 bridgehead atoms. The second kappa shape index (κ2) is 4.42. The molecule has 3 nitrogen and oxygen atoms in total. The van der Waals surface area contributed by atoms with Crippen molar-refractivity contribution in [3.8, 4) is 18.1 Å². The van der Waals surface area contributed by atoms with E-state index >= 15 is 0 Å². The molecule has 0 atom stereocenters. The van der Waals surface area contributed by atoms with Crippen LogP contribution in [-0.4, -0.2) is 16.7 Å². The molecular formula is C12H10F2O3. The highest BCUT2D eigenvalue weighted by molar-refractivity contribution is 5.87. The first-order valence-electron chi connectivity index (χ1n) is 4.66. The standard InChI is InChI=1S/C12H10F2O3/c1-4-12(2,3)17-10-8(13)5-7(11(15)16)6-9(10)14/h1,5-6H,2-3H3,(H,15,16). The second-order valence-corrected chi connectivity index (χ2v) is 3.83. The minimum absolute atomic E-state index is 0.495. The molecule has 17 heavy (non-hydrogen) atoms. The van der Waals surface area contributed by atoms with Gasteiger partial charge in [0.2, 0.25) is 0 Å². The van der Waals surface area contributed by atoms with E-state index in [4.69, 9.17) is 16.3 Å². The first-order valence-corrected chi connectivity index (χ1v) is 4.66. The summed E-state index contributed by atoms with van der Waals surface area (Å²) in [5.41, 5.74) is -1.68. The van der Waals surface area contributed by atoms with Crippen molar-refractivity contribution in [2.24, 2.45) is 0 Å². The van der Waals surface area contributed by atoms with E-state index in [1.807, 2.05) is 0 Å². The molecule has 0 aliphatic carbocycles. The van der Waals surface area contributed by atoms with E-state index in [2.05, 4.69) is 5.92 Å². The Morgan fingerprint density at radius 1 is 1.41 bits per heavy atom. The van der Waals surface area contributed by atoms with Gasteiger partial charge < -0.3 is 9.84 Å². The molecule has 0 radical (unpaired) electrons. The average Bonchev–Trinajstić information content (AvgIpc) is 2.23. The van der Waals surface area contributed by atoms with E-state index in [-0.39, 0.29) is 0 Å². The van der Waals surface area contributed by atoms with Crippen LogP contribution >= 0.6 is 0 Å². The molecule has 0 unspecified atom stereocenters. The Kier molecular flexibility index (Phi) is 3.37. The molecular weight excluding hydrogens is 230 g/mol. The number of halogens is 2. The van der Waals surface area contributed by atoms with Gasteiger partial charge in [0, 0.05) is 0 Å². The minimum Gasteiger partial charge on any atom is -0.478 e. The number of rotatable bonds is 3. The fourth-order valence-electron chi connectivity index (χ4n) is 1.07. The van der Waals surface area contributed by atoms with Gasteiger partial charge in [0.15, 0.2) is 23.0 Å². The zero-order valence-corrected chi connectivity index (χ0v) is 9.25. The first-order chi connectivity index (χ1) is 7.76. The molecule has 0 aliphatic rings. The van der Waals surface area contributed by atoms with Crippen LogP contribution in [0.2, 0.25) is 0 Å². The summed E-state index contributed by atoms with van der Waals surface area (Å²) in [7, 11) is 0. The summed E-state index contributed by atoms with van der Waals surface area (Å²) < 4.78 is 31.9. The largest absolute Gasteiger partial charge is 0.478 e. The molecule has 90 valence electrons. The molecule has 0 amide bonds. The van der Waals surface area contributed by atoms with Gasteiger partial charge in [0.1, 0.15) is 0 Å². The molecule has 1 aromatic rings. The van der Waals surface area contributed by atoms with E-state index in [0.717, 1.165) is 0 Å². The van der Waals surface area contributed by atoms with Crippen molar-refractivity contribution in [3.05, 3.63) is 29.3 Å². The number of ether oxygens (including phenoxy) is 1. The number of carboxylic acid groups (broad SMARTS) is 1. The predicted octanol–water partition coefficient (Wildman–Crippen LogP) is 2.45. The third kappa shape index (κ3) is 2.94. The first kappa shape index (κ1) is 13.0. The quantitative estimate of drug-likeness (QED) is 0.825. The van der Waals surface area contributed by atoms with Crippen molar-refractivity contribution in [2.75, 3.05) is 0 Å². The molecule has 1 aromatic carbocycles. The van der Waals surface area contributed by atoms with Crippen LogP contribution in [0.3, 0.4) is 0 Å². The Bertz CT molecular complexity index is 478. The van der Waals surface area contributed by atoms with Crippen LogP contribution in [0.25, 0.3) is 0 Å². The fraction of sp³-hybridized carbons (Fsp3) is 0.250. The third-order valence-corrected chi connectivity index (χ3v) is 1.95. The molecule has 0 saturated heterocycles. The average molecular weight is 240 g/mol. The molecule has 1 N–H and O–H groups in total. The van der Waals surface area contributed by atoms with Crippen LogP contribution in [-0.2, 0) is 0 Å². The number of terminal acetylenes is 1. The van der Waals surface area contributed by atoms with E-state index in [1.165, 1.54) is 13.8 Å². The van der Waals surface area contributed by atoms with Crippen molar-refractivity contribution in [2.45, 2.75) is 19.4 Å². The van der Waals surface area contributed by atoms with E-state index in [1.54, 1.807) is 0 Å². The van der Waals surface area contributed by atoms with Gasteiger partial charge in [-0.15, -0.1) is 6.42 Å². The maximum atomic E-state index is 13.4. The zero-order valence-electron chi connectivity index (χ0n) is 9.25. The predicted molar refractivity (Wildman–Crippen MR) is 56.9 cm³/mol. The van der Waals surface area contributed by atoms with Crippen LogP contribution in [0.4, 0.5) is 8.78 Å².